The molecule has 3 rings (SSSR count). The van der Waals surface area contributed by atoms with Gasteiger partial charge in [0.25, 0.3) is 0 Å². The van der Waals surface area contributed by atoms with E-state index in [0.29, 0.717) is 11.8 Å². The summed E-state index contributed by atoms with van der Waals surface area (Å²) >= 11 is 3.50. The van der Waals surface area contributed by atoms with Gasteiger partial charge in [-0.05, 0) is 49.7 Å². The molecule has 0 aromatic heterocycles. The third kappa shape index (κ3) is 2.62. The molecule has 1 spiro atoms. The molecule has 1 N–H and O–H groups in total. The Hall–Kier alpha value is -0.540. The molecule has 2 nitrogen and oxygen atoms in total. The van der Waals surface area contributed by atoms with Crippen LogP contribution in [0.15, 0.2) is 22.7 Å². The van der Waals surface area contributed by atoms with Crippen LogP contribution in [-0.4, -0.2) is 10.7 Å². The van der Waals surface area contributed by atoms with Crippen LogP contribution in [0.3, 0.4) is 0 Å². The van der Waals surface area contributed by atoms with Crippen molar-refractivity contribution in [2.75, 3.05) is 0 Å². The molecule has 2 aliphatic rings. The molecule has 1 fully saturated rings. The molecule has 1 heterocycles. The molecular formula is C17H23BrO2. The van der Waals surface area contributed by atoms with Crippen molar-refractivity contribution in [2.45, 2.75) is 57.7 Å². The molecule has 3 heteroatoms. The molecule has 0 bridgehead atoms. The van der Waals surface area contributed by atoms with E-state index in [4.69, 9.17) is 4.74 Å². The predicted molar refractivity (Wildman–Crippen MR) is 83.9 cm³/mol. The first-order valence-corrected chi connectivity index (χ1v) is 8.45. The van der Waals surface area contributed by atoms with Gasteiger partial charge in [0, 0.05) is 16.5 Å². The second kappa shape index (κ2) is 5.34. The summed E-state index contributed by atoms with van der Waals surface area (Å²) in [5, 5.41) is 10.5. The Morgan fingerprint density at radius 2 is 2.15 bits per heavy atom. The first kappa shape index (κ1) is 14.4. The number of hydrogen-bond acceptors (Lipinski definition) is 2. The molecule has 3 unspecified atom stereocenters. The molecule has 1 aromatic rings. The number of aliphatic hydroxyl groups excluding tert-OH is 1. The molecule has 20 heavy (non-hydrogen) atoms. The molecule has 110 valence electrons. The standard InChI is InChI=1S/C17H23BrO2/c1-11(2)12-4-3-7-17(9-12)10-15(19)14-6-5-13(18)8-16(14)20-17/h5-6,8,11-12,15,19H,3-4,7,9-10H2,1-2H3. The Morgan fingerprint density at radius 3 is 2.90 bits per heavy atom. The second-order valence-corrected chi connectivity index (χ2v) is 7.70. The normalized spacial score (nSPS) is 33.0. The SMILES string of the molecule is CC(C)C1CCCC2(CC(O)c3ccc(Br)cc3O2)C1. The minimum atomic E-state index is -0.391. The number of rotatable bonds is 1. The lowest BCUT2D eigenvalue weighted by Crippen LogP contribution is -2.45. The largest absolute Gasteiger partial charge is 0.487 e. The van der Waals surface area contributed by atoms with E-state index in [1.54, 1.807) is 0 Å². The van der Waals surface area contributed by atoms with Gasteiger partial charge in [-0.25, -0.2) is 0 Å². The predicted octanol–water partition coefficient (Wildman–Crippen LogP) is 4.85. The summed E-state index contributed by atoms with van der Waals surface area (Å²) in [7, 11) is 0. The van der Waals surface area contributed by atoms with Crippen LogP contribution in [0.4, 0.5) is 0 Å². The van der Waals surface area contributed by atoms with Crippen LogP contribution in [0.2, 0.25) is 0 Å². The highest BCUT2D eigenvalue weighted by molar-refractivity contribution is 9.10. The Labute approximate surface area is 129 Å². The zero-order chi connectivity index (χ0) is 14.3. The van der Waals surface area contributed by atoms with Crippen molar-refractivity contribution < 1.29 is 9.84 Å². The summed E-state index contributed by atoms with van der Waals surface area (Å²) in [4.78, 5) is 0. The average molecular weight is 339 g/mol. The first-order chi connectivity index (χ1) is 9.49. The number of ether oxygens (including phenoxy) is 1. The van der Waals surface area contributed by atoms with E-state index in [0.717, 1.165) is 35.0 Å². The molecule has 3 atom stereocenters. The monoisotopic (exact) mass is 338 g/mol. The average Bonchev–Trinajstić information content (AvgIpc) is 2.37. The maximum Gasteiger partial charge on any atom is 0.127 e. The molecule has 0 saturated heterocycles. The summed E-state index contributed by atoms with van der Waals surface area (Å²) in [6, 6.07) is 5.94. The minimum Gasteiger partial charge on any atom is -0.487 e. The van der Waals surface area contributed by atoms with E-state index in [1.807, 2.05) is 18.2 Å². The summed E-state index contributed by atoms with van der Waals surface area (Å²) < 4.78 is 7.41. The van der Waals surface area contributed by atoms with Crippen LogP contribution in [-0.2, 0) is 0 Å². The third-order valence-electron chi connectivity index (χ3n) is 5.01. The van der Waals surface area contributed by atoms with Crippen molar-refractivity contribution in [2.24, 2.45) is 11.8 Å². The highest BCUT2D eigenvalue weighted by atomic mass is 79.9. The summed E-state index contributed by atoms with van der Waals surface area (Å²) in [5.74, 6) is 2.27. The smallest absolute Gasteiger partial charge is 0.127 e. The van der Waals surface area contributed by atoms with E-state index in [9.17, 15) is 5.11 Å². The fraction of sp³-hybridized carbons (Fsp3) is 0.647. The van der Waals surface area contributed by atoms with Gasteiger partial charge in [0.1, 0.15) is 11.4 Å². The van der Waals surface area contributed by atoms with Crippen molar-refractivity contribution in [1.29, 1.82) is 0 Å². The number of halogens is 1. The molecule has 1 aliphatic carbocycles. The van der Waals surface area contributed by atoms with E-state index < -0.39 is 6.10 Å². The third-order valence-corrected chi connectivity index (χ3v) is 5.50. The van der Waals surface area contributed by atoms with Gasteiger partial charge < -0.3 is 9.84 Å². The van der Waals surface area contributed by atoms with Gasteiger partial charge in [-0.15, -0.1) is 0 Å². The van der Waals surface area contributed by atoms with Gasteiger partial charge >= 0.3 is 0 Å². The van der Waals surface area contributed by atoms with Gasteiger partial charge in [0.05, 0.1) is 6.10 Å². The van der Waals surface area contributed by atoms with Crippen LogP contribution >= 0.6 is 15.9 Å². The van der Waals surface area contributed by atoms with Crippen LogP contribution in [0.1, 0.15) is 57.6 Å². The summed E-state index contributed by atoms with van der Waals surface area (Å²) in [5.41, 5.74) is 0.783. The van der Waals surface area contributed by atoms with Crippen molar-refractivity contribution in [3.63, 3.8) is 0 Å². The Bertz CT molecular complexity index is 500. The fourth-order valence-corrected chi connectivity index (χ4v) is 4.16. The zero-order valence-electron chi connectivity index (χ0n) is 12.2. The lowest BCUT2D eigenvalue weighted by atomic mass is 9.70. The van der Waals surface area contributed by atoms with Crippen molar-refractivity contribution in [1.82, 2.24) is 0 Å². The zero-order valence-corrected chi connectivity index (χ0v) is 13.8. The Kier molecular flexibility index (Phi) is 3.85. The maximum atomic E-state index is 10.5. The fourth-order valence-electron chi connectivity index (χ4n) is 3.82. The van der Waals surface area contributed by atoms with Crippen LogP contribution < -0.4 is 4.74 Å². The number of hydrogen-bond donors (Lipinski definition) is 1. The van der Waals surface area contributed by atoms with Gasteiger partial charge in [-0.2, -0.15) is 0 Å². The van der Waals surface area contributed by atoms with E-state index >= 15 is 0 Å². The quantitative estimate of drug-likeness (QED) is 0.792. The summed E-state index contributed by atoms with van der Waals surface area (Å²) in [6.45, 7) is 4.60. The Balaban J connectivity index is 1.89. The molecule has 1 saturated carbocycles. The minimum absolute atomic E-state index is 0.152. The first-order valence-electron chi connectivity index (χ1n) is 7.66. The van der Waals surface area contributed by atoms with E-state index in [-0.39, 0.29) is 5.60 Å². The lowest BCUT2D eigenvalue weighted by Gasteiger charge is -2.46. The number of fused-ring (bicyclic) bond motifs is 1. The van der Waals surface area contributed by atoms with E-state index in [2.05, 4.69) is 29.8 Å². The highest BCUT2D eigenvalue weighted by Crippen LogP contribution is 2.49. The van der Waals surface area contributed by atoms with Crippen LogP contribution in [0.25, 0.3) is 0 Å². The summed E-state index contributed by atoms with van der Waals surface area (Å²) in [6.07, 6.45) is 5.00. The molecule has 0 amide bonds. The van der Waals surface area contributed by atoms with Crippen LogP contribution in [0, 0.1) is 11.8 Å². The van der Waals surface area contributed by atoms with Crippen molar-refractivity contribution >= 4 is 15.9 Å². The molecule has 1 aliphatic heterocycles. The molecular weight excluding hydrogens is 316 g/mol. The van der Waals surface area contributed by atoms with E-state index in [1.165, 1.54) is 12.8 Å². The van der Waals surface area contributed by atoms with Crippen molar-refractivity contribution in [3.05, 3.63) is 28.2 Å². The van der Waals surface area contributed by atoms with Crippen molar-refractivity contribution in [3.8, 4) is 5.75 Å². The van der Waals surface area contributed by atoms with Gasteiger partial charge in [-0.1, -0.05) is 35.8 Å². The van der Waals surface area contributed by atoms with Gasteiger partial charge in [-0.3, -0.25) is 0 Å². The van der Waals surface area contributed by atoms with Gasteiger partial charge in [0.15, 0.2) is 0 Å². The number of aliphatic hydroxyl groups is 1. The lowest BCUT2D eigenvalue weighted by molar-refractivity contribution is -0.0573. The highest BCUT2D eigenvalue weighted by Gasteiger charge is 2.44. The second-order valence-electron chi connectivity index (χ2n) is 6.79. The number of benzene rings is 1. The molecule has 0 radical (unpaired) electrons. The topological polar surface area (TPSA) is 29.5 Å². The van der Waals surface area contributed by atoms with Gasteiger partial charge in [0.2, 0.25) is 0 Å². The van der Waals surface area contributed by atoms with Crippen LogP contribution in [0.5, 0.6) is 5.75 Å². The molecule has 1 aromatic carbocycles. The maximum absolute atomic E-state index is 10.5. The Morgan fingerprint density at radius 1 is 1.35 bits per heavy atom.